The Labute approximate surface area is 128 Å². The molecule has 0 saturated heterocycles. The molecule has 0 aromatic heterocycles. The minimum Gasteiger partial charge on any atom is -0.435 e. The minimum absolute atomic E-state index is 0.000488. The van der Waals surface area contributed by atoms with E-state index in [2.05, 4.69) is 58.1 Å². The van der Waals surface area contributed by atoms with Crippen LogP contribution >= 0.6 is 0 Å². The minimum atomic E-state index is -2.44. The lowest BCUT2D eigenvalue weighted by atomic mass is 10.3. The Morgan fingerprint density at radius 3 is 1.65 bits per heavy atom. The van der Waals surface area contributed by atoms with E-state index in [9.17, 15) is 4.79 Å². The van der Waals surface area contributed by atoms with Gasteiger partial charge in [0, 0.05) is 6.92 Å². The molecule has 1 amide bonds. The van der Waals surface area contributed by atoms with Crippen LogP contribution in [-0.2, 0) is 13.0 Å². The first-order valence-corrected chi connectivity index (χ1v) is 16.7. The van der Waals surface area contributed by atoms with Crippen molar-refractivity contribution in [3.63, 3.8) is 0 Å². The molecule has 0 heterocycles. The summed E-state index contributed by atoms with van der Waals surface area (Å²) < 4.78 is 13.0. The van der Waals surface area contributed by atoms with Gasteiger partial charge in [-0.15, -0.1) is 0 Å². The fourth-order valence-corrected chi connectivity index (χ4v) is 15.1. The summed E-state index contributed by atoms with van der Waals surface area (Å²) >= 11 is 0. The molecule has 0 radical (unpaired) electrons. The van der Waals surface area contributed by atoms with E-state index in [1.807, 2.05) is 0 Å². The second kappa shape index (κ2) is 7.35. The van der Waals surface area contributed by atoms with Crippen molar-refractivity contribution in [3.8, 4) is 0 Å². The lowest BCUT2D eigenvalue weighted by molar-refractivity contribution is -0.119. The van der Waals surface area contributed by atoms with Gasteiger partial charge in [0.25, 0.3) is 0 Å². The number of nitrogens with one attached hydrogen (secondary N) is 1. The molecule has 0 aliphatic carbocycles. The topological polar surface area (TPSA) is 47.6 Å². The Bertz CT molecular complexity index is 308. The zero-order valence-electron chi connectivity index (χ0n) is 14.7. The molecule has 120 valence electrons. The van der Waals surface area contributed by atoms with Crippen LogP contribution in [0.4, 0.5) is 0 Å². The smallest absolute Gasteiger partial charge is 0.337 e. The number of carbonyl (C=O) groups excluding carboxylic acids is 1. The Morgan fingerprint density at radius 2 is 1.40 bits per heavy atom. The summed E-state index contributed by atoms with van der Waals surface area (Å²) in [6.07, 6.45) is 1.93. The third-order valence-corrected chi connectivity index (χ3v) is 12.4. The van der Waals surface area contributed by atoms with Crippen LogP contribution in [0, 0.1) is 0 Å². The lowest BCUT2D eigenvalue weighted by Gasteiger charge is -2.43. The van der Waals surface area contributed by atoms with E-state index in [4.69, 9.17) is 8.23 Å². The van der Waals surface area contributed by atoms with Crippen LogP contribution in [0.1, 0.15) is 26.7 Å². The Kier molecular flexibility index (Phi) is 7.36. The Morgan fingerprint density at radius 1 is 1.00 bits per heavy atom. The number of amides is 1. The Hall–Kier alpha value is 0.0406. The van der Waals surface area contributed by atoms with E-state index in [1.165, 1.54) is 0 Å². The molecule has 0 spiro atoms. The first-order valence-electron chi connectivity index (χ1n) is 7.46. The number of carbonyl (C=O) groups is 1. The molecule has 1 atom stereocenters. The van der Waals surface area contributed by atoms with Crippen LogP contribution in [0.15, 0.2) is 0 Å². The summed E-state index contributed by atoms with van der Waals surface area (Å²) in [5, 5.41) is 3.08. The second-order valence-corrected chi connectivity index (χ2v) is 20.3. The molecule has 0 saturated carbocycles. The average Bonchev–Trinajstić information content (AvgIpc) is 2.09. The van der Waals surface area contributed by atoms with Gasteiger partial charge in [-0.2, -0.15) is 0 Å². The van der Waals surface area contributed by atoms with Crippen LogP contribution in [-0.4, -0.2) is 36.8 Å². The van der Waals surface area contributed by atoms with Crippen molar-refractivity contribution in [1.29, 1.82) is 0 Å². The quantitative estimate of drug-likeness (QED) is 0.689. The summed E-state index contributed by atoms with van der Waals surface area (Å²) in [4.78, 5) is 11.5. The Balaban J connectivity index is 5.37. The van der Waals surface area contributed by atoms with Gasteiger partial charge in [-0.05, 0) is 52.2 Å². The van der Waals surface area contributed by atoms with Crippen molar-refractivity contribution < 1.29 is 13.0 Å². The number of rotatable bonds is 8. The second-order valence-electron chi connectivity index (χ2n) is 7.49. The van der Waals surface area contributed by atoms with E-state index < -0.39 is 25.2 Å². The lowest BCUT2D eigenvalue weighted by Crippen LogP contribution is -2.64. The van der Waals surface area contributed by atoms with Crippen LogP contribution in [0.5, 0.6) is 0 Å². The predicted octanol–water partition coefficient (Wildman–Crippen LogP) is 3.61. The summed E-state index contributed by atoms with van der Waals surface area (Å²) in [7, 11) is -5.90. The third-order valence-electron chi connectivity index (χ3n) is 2.61. The molecule has 0 aliphatic heterocycles. The van der Waals surface area contributed by atoms with Crippen molar-refractivity contribution >= 4 is 31.1 Å². The van der Waals surface area contributed by atoms with Gasteiger partial charge in [0.15, 0.2) is 16.6 Å². The molecule has 0 fully saturated rings. The molecule has 0 unspecified atom stereocenters. The molecule has 0 bridgehead atoms. The first kappa shape index (κ1) is 20.0. The monoisotopic (exact) mass is 335 g/mol. The van der Waals surface area contributed by atoms with E-state index in [0.29, 0.717) is 0 Å². The zero-order chi connectivity index (χ0) is 16.2. The fourth-order valence-electron chi connectivity index (χ4n) is 2.38. The van der Waals surface area contributed by atoms with Gasteiger partial charge in [0.05, 0.1) is 5.67 Å². The maximum atomic E-state index is 11.5. The van der Waals surface area contributed by atoms with Gasteiger partial charge in [-0.3, -0.25) is 4.79 Å². The van der Waals surface area contributed by atoms with Gasteiger partial charge in [0.1, 0.15) is 0 Å². The highest BCUT2D eigenvalue weighted by Gasteiger charge is 2.46. The summed E-state index contributed by atoms with van der Waals surface area (Å²) in [6, 6.07) is 0. The molecular formula is C13H33NO3Si3. The molecule has 0 aliphatic rings. The van der Waals surface area contributed by atoms with Crippen molar-refractivity contribution in [2.45, 2.75) is 78.2 Å². The van der Waals surface area contributed by atoms with Crippen LogP contribution in [0.2, 0.25) is 45.8 Å². The highest BCUT2D eigenvalue weighted by atomic mass is 28.5. The predicted molar refractivity (Wildman–Crippen MR) is 93.0 cm³/mol. The fraction of sp³-hybridized carbons (Fsp3) is 0.923. The largest absolute Gasteiger partial charge is 0.435 e. The summed E-state index contributed by atoms with van der Waals surface area (Å²) in [5.74, 6) is 0.000488. The molecule has 20 heavy (non-hydrogen) atoms. The molecule has 0 rings (SSSR count). The van der Waals surface area contributed by atoms with Gasteiger partial charge in [-0.1, -0.05) is 13.3 Å². The van der Waals surface area contributed by atoms with Crippen molar-refractivity contribution in [2.75, 3.05) is 0 Å². The maximum absolute atomic E-state index is 11.5. The average molecular weight is 336 g/mol. The van der Waals surface area contributed by atoms with E-state index >= 15 is 0 Å². The van der Waals surface area contributed by atoms with E-state index in [0.717, 1.165) is 12.8 Å². The van der Waals surface area contributed by atoms with Crippen molar-refractivity contribution in [3.05, 3.63) is 0 Å². The first-order chi connectivity index (χ1) is 8.79. The third kappa shape index (κ3) is 8.35. The number of hydrogen-bond acceptors (Lipinski definition) is 3. The standard InChI is InChI=1S/C13H33NO3Si3/c1-10-11-13(14-12(2)15)20(9,16-18(3,4)5)17-19(6,7)8/h13H,10-11H2,1-9H3,(H,14,15)/t13-/m1/s1. The van der Waals surface area contributed by atoms with E-state index in [-0.39, 0.29) is 11.6 Å². The molecule has 0 aromatic rings. The molecule has 0 aromatic carbocycles. The zero-order valence-corrected chi connectivity index (χ0v) is 17.7. The highest BCUT2D eigenvalue weighted by Crippen LogP contribution is 2.25. The van der Waals surface area contributed by atoms with E-state index in [1.54, 1.807) is 6.92 Å². The SMILES string of the molecule is CCC[C@H](NC(C)=O)[Si](C)(O[Si](C)(C)C)O[Si](C)(C)C. The van der Waals surface area contributed by atoms with Crippen LogP contribution in [0.3, 0.4) is 0 Å². The number of hydrogen-bond donors (Lipinski definition) is 1. The van der Waals surface area contributed by atoms with Gasteiger partial charge >= 0.3 is 8.56 Å². The summed E-state index contributed by atoms with van der Waals surface area (Å²) in [6.45, 7) is 18.9. The molecule has 7 heteroatoms. The van der Waals surface area contributed by atoms with Crippen LogP contribution < -0.4 is 5.32 Å². The van der Waals surface area contributed by atoms with Gasteiger partial charge in [-0.25, -0.2) is 0 Å². The van der Waals surface area contributed by atoms with Gasteiger partial charge in [0.2, 0.25) is 5.91 Å². The molecule has 1 N–H and O–H groups in total. The molecule has 4 nitrogen and oxygen atoms in total. The normalized spacial score (nSPS) is 15.1. The van der Waals surface area contributed by atoms with Crippen molar-refractivity contribution in [1.82, 2.24) is 5.32 Å². The molecular weight excluding hydrogens is 302 g/mol. The van der Waals surface area contributed by atoms with Crippen molar-refractivity contribution in [2.24, 2.45) is 0 Å². The van der Waals surface area contributed by atoms with Gasteiger partial charge < -0.3 is 13.5 Å². The highest BCUT2D eigenvalue weighted by molar-refractivity contribution is 6.88. The maximum Gasteiger partial charge on any atom is 0.337 e. The van der Waals surface area contributed by atoms with Crippen LogP contribution in [0.25, 0.3) is 0 Å². The summed E-state index contributed by atoms with van der Waals surface area (Å²) in [5.41, 5.74) is 0.0310.